The van der Waals surface area contributed by atoms with Gasteiger partial charge in [0.05, 0.1) is 55.4 Å². The largest absolute Gasteiger partial charge is 0.493 e. The van der Waals surface area contributed by atoms with E-state index in [9.17, 15) is 9.59 Å². The summed E-state index contributed by atoms with van der Waals surface area (Å²) >= 11 is 4.88. The van der Waals surface area contributed by atoms with Gasteiger partial charge >= 0.3 is 5.97 Å². The van der Waals surface area contributed by atoms with Crippen LogP contribution in [0.4, 0.5) is 0 Å². The van der Waals surface area contributed by atoms with Crippen molar-refractivity contribution in [1.82, 2.24) is 4.57 Å². The molecule has 0 N–H and O–H groups in total. The van der Waals surface area contributed by atoms with Gasteiger partial charge in [0.2, 0.25) is 0 Å². The Morgan fingerprint density at radius 3 is 2.41 bits per heavy atom. The Morgan fingerprint density at radius 2 is 1.78 bits per heavy atom. The van der Waals surface area contributed by atoms with E-state index in [1.807, 2.05) is 39.0 Å². The maximum absolute atomic E-state index is 14.0. The fourth-order valence-corrected chi connectivity index (χ4v) is 6.14. The number of ether oxygens (including phenoxy) is 5. The molecule has 9 nitrogen and oxygen atoms in total. The van der Waals surface area contributed by atoms with Crippen LogP contribution in [0.3, 0.4) is 0 Å². The zero-order valence-corrected chi connectivity index (χ0v) is 26.5. The molecular formula is C30H33BrN2O7S. The summed E-state index contributed by atoms with van der Waals surface area (Å²) in [5.74, 6) is 1.64. The van der Waals surface area contributed by atoms with Crippen molar-refractivity contribution in [2.45, 2.75) is 46.8 Å². The Morgan fingerprint density at radius 1 is 1.07 bits per heavy atom. The van der Waals surface area contributed by atoms with E-state index >= 15 is 0 Å². The molecule has 218 valence electrons. The average Bonchev–Trinajstić information content (AvgIpc) is 3.23. The lowest BCUT2D eigenvalue weighted by atomic mass is 9.95. The molecule has 0 saturated heterocycles. The molecule has 4 rings (SSSR count). The van der Waals surface area contributed by atoms with Gasteiger partial charge in [-0.15, -0.1) is 0 Å². The van der Waals surface area contributed by atoms with Crippen molar-refractivity contribution in [2.75, 3.05) is 27.4 Å². The van der Waals surface area contributed by atoms with Gasteiger partial charge in [0.1, 0.15) is 0 Å². The number of rotatable bonds is 10. The third-order valence-corrected chi connectivity index (χ3v) is 7.91. The van der Waals surface area contributed by atoms with Crippen LogP contribution in [0, 0.1) is 0 Å². The van der Waals surface area contributed by atoms with E-state index in [1.165, 1.54) is 15.9 Å². The van der Waals surface area contributed by atoms with Crippen LogP contribution in [0.15, 0.2) is 55.9 Å². The molecule has 1 aromatic heterocycles. The summed E-state index contributed by atoms with van der Waals surface area (Å²) in [6.07, 6.45) is 1.76. The fourth-order valence-electron chi connectivity index (χ4n) is 4.55. The molecule has 0 spiro atoms. The topological polar surface area (TPSA) is 97.6 Å². The summed E-state index contributed by atoms with van der Waals surface area (Å²) in [6.45, 7) is 9.86. The van der Waals surface area contributed by atoms with Gasteiger partial charge in [-0.05, 0) is 76.1 Å². The van der Waals surface area contributed by atoms with E-state index in [0.717, 1.165) is 5.56 Å². The van der Waals surface area contributed by atoms with Crippen LogP contribution in [0.5, 0.6) is 23.0 Å². The fraction of sp³-hybridized carbons (Fsp3) is 0.367. The van der Waals surface area contributed by atoms with Gasteiger partial charge in [-0.1, -0.05) is 33.3 Å². The third kappa shape index (κ3) is 6.20. The van der Waals surface area contributed by atoms with E-state index < -0.39 is 12.0 Å². The Hall–Kier alpha value is -3.57. The van der Waals surface area contributed by atoms with Gasteiger partial charge in [-0.2, -0.15) is 0 Å². The highest BCUT2D eigenvalue weighted by molar-refractivity contribution is 9.10. The van der Waals surface area contributed by atoms with Crippen LogP contribution in [0.25, 0.3) is 6.08 Å². The second-order valence-corrected chi connectivity index (χ2v) is 11.2. The molecule has 41 heavy (non-hydrogen) atoms. The number of carbonyl (C=O) groups is 1. The average molecular weight is 646 g/mol. The summed E-state index contributed by atoms with van der Waals surface area (Å²) in [7, 11) is 3.11. The van der Waals surface area contributed by atoms with Crippen molar-refractivity contribution in [3.05, 3.63) is 76.9 Å². The summed E-state index contributed by atoms with van der Waals surface area (Å²) in [6, 6.07) is 8.22. The van der Waals surface area contributed by atoms with Crippen molar-refractivity contribution in [2.24, 2.45) is 4.99 Å². The van der Waals surface area contributed by atoms with E-state index in [0.29, 0.717) is 54.7 Å². The lowest BCUT2D eigenvalue weighted by Gasteiger charge is -2.26. The minimum atomic E-state index is -0.817. The lowest BCUT2D eigenvalue weighted by molar-refractivity contribution is -0.139. The lowest BCUT2D eigenvalue weighted by Crippen LogP contribution is -2.40. The Labute approximate surface area is 250 Å². The quantitative estimate of drug-likeness (QED) is 0.294. The monoisotopic (exact) mass is 644 g/mol. The van der Waals surface area contributed by atoms with Crippen molar-refractivity contribution in [3.63, 3.8) is 0 Å². The molecule has 0 radical (unpaired) electrons. The van der Waals surface area contributed by atoms with E-state index in [-0.39, 0.29) is 23.8 Å². The Balaban J connectivity index is 1.94. The first-order chi connectivity index (χ1) is 19.6. The molecule has 0 fully saturated rings. The van der Waals surface area contributed by atoms with Gasteiger partial charge in [0.25, 0.3) is 5.56 Å². The molecule has 3 aromatic rings. The first-order valence-electron chi connectivity index (χ1n) is 13.2. The molecule has 1 atom stereocenters. The minimum Gasteiger partial charge on any atom is -0.493 e. The molecule has 2 aromatic carbocycles. The van der Waals surface area contributed by atoms with Crippen LogP contribution in [-0.4, -0.2) is 44.1 Å². The highest BCUT2D eigenvalue weighted by Gasteiger charge is 2.35. The van der Waals surface area contributed by atoms with Gasteiger partial charge in [0, 0.05) is 4.47 Å². The molecule has 1 aliphatic heterocycles. The van der Waals surface area contributed by atoms with Crippen LogP contribution in [0.1, 0.15) is 51.8 Å². The van der Waals surface area contributed by atoms with E-state index in [4.69, 9.17) is 23.7 Å². The maximum atomic E-state index is 14.0. The molecular weight excluding hydrogens is 612 g/mol. The highest BCUT2D eigenvalue weighted by Crippen LogP contribution is 2.41. The summed E-state index contributed by atoms with van der Waals surface area (Å²) in [5, 5.41) is 0. The SMILES string of the molecule is CCOC(=O)C1=C(C)N=c2s/c(=C/c3ccc(OC(C)C)c(OC)c3)c(=O)n2[C@@H]1c1cc(OC)c(OCC)cc1Br. The molecule has 2 heterocycles. The molecule has 0 amide bonds. The predicted molar refractivity (Wildman–Crippen MR) is 161 cm³/mol. The number of hydrogen-bond donors (Lipinski definition) is 0. The smallest absolute Gasteiger partial charge is 0.338 e. The molecule has 0 aliphatic carbocycles. The zero-order chi connectivity index (χ0) is 29.8. The van der Waals surface area contributed by atoms with Crippen LogP contribution in [-0.2, 0) is 9.53 Å². The number of benzene rings is 2. The van der Waals surface area contributed by atoms with Crippen LogP contribution in [0.2, 0.25) is 0 Å². The normalized spacial score (nSPS) is 15.0. The minimum absolute atomic E-state index is 0.0178. The number of methoxy groups -OCH3 is 2. The molecule has 11 heteroatoms. The number of carbonyl (C=O) groups excluding carboxylic acids is 1. The van der Waals surface area contributed by atoms with Gasteiger partial charge in [0.15, 0.2) is 27.8 Å². The first kappa shape index (κ1) is 30.4. The predicted octanol–water partition coefficient (Wildman–Crippen LogP) is 4.76. The first-order valence-corrected chi connectivity index (χ1v) is 14.8. The standard InChI is InChI=1S/C30H33BrN2O7S/c1-8-38-24-15-20(31)19(14-23(24)37-7)27-26(29(35)39-9-2)17(5)32-30-33(27)28(34)25(41-30)13-18-10-11-21(40-16(3)4)22(12-18)36-6/h10-16,27H,8-9H2,1-7H3/b25-13+/t27-/m1/s1. The number of nitrogens with zero attached hydrogens (tertiary/aromatic N) is 2. The van der Waals surface area contributed by atoms with Gasteiger partial charge in [-0.3, -0.25) is 9.36 Å². The summed E-state index contributed by atoms with van der Waals surface area (Å²) < 4.78 is 30.7. The molecule has 0 saturated carbocycles. The van der Waals surface area contributed by atoms with Crippen molar-refractivity contribution in [1.29, 1.82) is 0 Å². The highest BCUT2D eigenvalue weighted by atomic mass is 79.9. The van der Waals surface area contributed by atoms with E-state index in [2.05, 4.69) is 20.9 Å². The van der Waals surface area contributed by atoms with Gasteiger partial charge < -0.3 is 23.7 Å². The van der Waals surface area contributed by atoms with Crippen molar-refractivity contribution >= 4 is 39.3 Å². The third-order valence-electron chi connectivity index (χ3n) is 6.24. The second kappa shape index (κ2) is 12.9. The number of fused-ring (bicyclic) bond motifs is 1. The van der Waals surface area contributed by atoms with Crippen LogP contribution >= 0.6 is 27.3 Å². The van der Waals surface area contributed by atoms with Crippen molar-refractivity contribution < 1.29 is 28.5 Å². The van der Waals surface area contributed by atoms with Crippen LogP contribution < -0.4 is 33.8 Å². The van der Waals surface area contributed by atoms with Gasteiger partial charge in [-0.25, -0.2) is 9.79 Å². The number of allylic oxidation sites excluding steroid dienone is 1. The number of esters is 1. The molecule has 0 unspecified atom stereocenters. The number of halogens is 1. The zero-order valence-electron chi connectivity index (χ0n) is 24.1. The molecule has 1 aliphatic rings. The van der Waals surface area contributed by atoms with Crippen molar-refractivity contribution in [3.8, 4) is 23.0 Å². The molecule has 0 bridgehead atoms. The second-order valence-electron chi connectivity index (χ2n) is 9.34. The summed E-state index contributed by atoms with van der Waals surface area (Å²) in [4.78, 5) is 32.4. The Bertz CT molecular complexity index is 1670. The number of aromatic nitrogens is 1. The summed E-state index contributed by atoms with van der Waals surface area (Å²) in [5.41, 5.74) is 1.83. The number of thiazole rings is 1. The van der Waals surface area contributed by atoms with E-state index in [1.54, 1.807) is 46.3 Å². The maximum Gasteiger partial charge on any atom is 0.338 e. The number of hydrogen-bond acceptors (Lipinski definition) is 9. The Kier molecular flexibility index (Phi) is 9.60.